The fourth-order valence-corrected chi connectivity index (χ4v) is 5.19. The molecule has 1 aromatic heterocycles. The average molecular weight is 405 g/mol. The molecule has 158 valence electrons. The van der Waals surface area contributed by atoms with Crippen LogP contribution in [0, 0.1) is 0 Å². The van der Waals surface area contributed by atoms with E-state index in [0.717, 1.165) is 31.8 Å². The fourth-order valence-electron chi connectivity index (χ4n) is 5.19. The number of fused-ring (bicyclic) bond motifs is 1. The second kappa shape index (κ2) is 8.83. The van der Waals surface area contributed by atoms with Crippen LogP contribution in [0.4, 0.5) is 0 Å². The SMILES string of the molecule is OC[C@@H]1CCCN1Cc1cn(Cc2ccccc2)c2ccc(OC3CCCC3)cc12. The number of aliphatic hydroxyl groups is 1. The van der Waals surface area contributed by atoms with E-state index in [1.807, 2.05) is 0 Å². The Morgan fingerprint density at radius 1 is 0.933 bits per heavy atom. The zero-order valence-corrected chi connectivity index (χ0v) is 17.7. The van der Waals surface area contributed by atoms with Gasteiger partial charge in [0.15, 0.2) is 0 Å². The maximum Gasteiger partial charge on any atom is 0.120 e. The van der Waals surface area contributed by atoms with E-state index in [-0.39, 0.29) is 12.6 Å². The Labute approximate surface area is 179 Å². The van der Waals surface area contributed by atoms with Crippen molar-refractivity contribution in [1.82, 2.24) is 9.47 Å². The first-order valence-electron chi connectivity index (χ1n) is 11.5. The van der Waals surface area contributed by atoms with Gasteiger partial charge in [0.1, 0.15) is 5.75 Å². The molecule has 4 heteroatoms. The maximum atomic E-state index is 9.76. The number of hydrogen-bond acceptors (Lipinski definition) is 3. The van der Waals surface area contributed by atoms with Crippen LogP contribution in [0.2, 0.25) is 0 Å². The van der Waals surface area contributed by atoms with E-state index in [4.69, 9.17) is 4.74 Å². The molecule has 5 rings (SSSR count). The van der Waals surface area contributed by atoms with Crippen molar-refractivity contribution >= 4 is 10.9 Å². The number of nitrogens with zero attached hydrogens (tertiary/aromatic N) is 2. The third kappa shape index (κ3) is 4.12. The molecule has 1 aliphatic heterocycles. The van der Waals surface area contributed by atoms with Gasteiger partial charge in [-0.1, -0.05) is 30.3 Å². The Hall–Kier alpha value is -2.30. The zero-order valence-electron chi connectivity index (χ0n) is 17.7. The lowest BCUT2D eigenvalue weighted by molar-refractivity contribution is 0.154. The van der Waals surface area contributed by atoms with E-state index in [2.05, 4.69) is 64.2 Å². The smallest absolute Gasteiger partial charge is 0.120 e. The van der Waals surface area contributed by atoms with Crippen LogP contribution < -0.4 is 4.74 Å². The van der Waals surface area contributed by atoms with Crippen molar-refractivity contribution in [2.45, 2.75) is 63.8 Å². The Morgan fingerprint density at radius 2 is 1.77 bits per heavy atom. The molecule has 2 aromatic carbocycles. The molecule has 1 aliphatic carbocycles. The quantitative estimate of drug-likeness (QED) is 0.604. The molecule has 0 bridgehead atoms. The normalized spacial score (nSPS) is 20.4. The monoisotopic (exact) mass is 404 g/mol. The molecule has 1 saturated heterocycles. The lowest BCUT2D eigenvalue weighted by Crippen LogP contribution is -2.31. The number of rotatable bonds is 7. The molecule has 0 spiro atoms. The van der Waals surface area contributed by atoms with Gasteiger partial charge in [-0.25, -0.2) is 0 Å². The molecule has 0 unspecified atom stereocenters. The standard InChI is InChI=1S/C26H32N2O2/c29-19-22-9-6-14-27(22)17-21-18-28(16-20-7-2-1-3-8-20)26-13-12-24(15-25(21)26)30-23-10-4-5-11-23/h1-3,7-8,12-13,15,18,22-23,29H,4-6,9-11,14,16-17,19H2/t22-/m0/s1. The summed E-state index contributed by atoms with van der Waals surface area (Å²) in [5.74, 6) is 0.994. The van der Waals surface area contributed by atoms with Crippen molar-refractivity contribution in [2.75, 3.05) is 13.2 Å². The van der Waals surface area contributed by atoms with Crippen LogP contribution in [0.5, 0.6) is 5.75 Å². The minimum atomic E-state index is 0.249. The molecule has 1 atom stereocenters. The molecule has 0 radical (unpaired) electrons. The Bertz CT molecular complexity index is 975. The highest BCUT2D eigenvalue weighted by atomic mass is 16.5. The van der Waals surface area contributed by atoms with Crippen LogP contribution in [0.15, 0.2) is 54.7 Å². The van der Waals surface area contributed by atoms with Crippen LogP contribution in [0.1, 0.15) is 49.7 Å². The summed E-state index contributed by atoms with van der Waals surface area (Å²) >= 11 is 0. The predicted octanol–water partition coefficient (Wildman–Crippen LogP) is 4.97. The summed E-state index contributed by atoms with van der Waals surface area (Å²) in [4.78, 5) is 2.44. The number of aliphatic hydroxyl groups excluding tert-OH is 1. The highest BCUT2D eigenvalue weighted by Crippen LogP contribution is 2.31. The summed E-state index contributed by atoms with van der Waals surface area (Å²) in [5.41, 5.74) is 3.90. The van der Waals surface area contributed by atoms with Crippen LogP contribution in [0.25, 0.3) is 10.9 Å². The van der Waals surface area contributed by atoms with Gasteiger partial charge in [0.25, 0.3) is 0 Å². The van der Waals surface area contributed by atoms with E-state index in [1.54, 1.807) is 0 Å². The molecular formula is C26H32N2O2. The highest BCUT2D eigenvalue weighted by molar-refractivity contribution is 5.85. The van der Waals surface area contributed by atoms with Gasteiger partial charge in [0.2, 0.25) is 0 Å². The zero-order chi connectivity index (χ0) is 20.3. The number of hydrogen-bond donors (Lipinski definition) is 1. The van der Waals surface area contributed by atoms with Gasteiger partial charge in [-0.05, 0) is 74.4 Å². The summed E-state index contributed by atoms with van der Waals surface area (Å²) < 4.78 is 8.68. The summed E-state index contributed by atoms with van der Waals surface area (Å²) in [6.07, 6.45) is 9.85. The van der Waals surface area contributed by atoms with Gasteiger partial charge in [0, 0.05) is 36.2 Å². The highest BCUT2D eigenvalue weighted by Gasteiger charge is 2.25. The van der Waals surface area contributed by atoms with Crippen molar-refractivity contribution in [3.05, 3.63) is 65.9 Å². The number of likely N-dealkylation sites (tertiary alicyclic amines) is 1. The van der Waals surface area contributed by atoms with Crippen LogP contribution in [0.3, 0.4) is 0 Å². The van der Waals surface area contributed by atoms with Crippen LogP contribution >= 0.6 is 0 Å². The first kappa shape index (κ1) is 19.7. The summed E-state index contributed by atoms with van der Waals surface area (Å²) in [6, 6.07) is 17.5. The molecule has 4 nitrogen and oxygen atoms in total. The number of aromatic nitrogens is 1. The summed E-state index contributed by atoms with van der Waals surface area (Å²) in [7, 11) is 0. The lowest BCUT2D eigenvalue weighted by atomic mass is 10.1. The van der Waals surface area contributed by atoms with E-state index in [9.17, 15) is 5.11 Å². The maximum absolute atomic E-state index is 9.76. The molecular weight excluding hydrogens is 372 g/mol. The van der Waals surface area contributed by atoms with E-state index >= 15 is 0 Å². The second-order valence-electron chi connectivity index (χ2n) is 8.92. The molecule has 3 aromatic rings. The largest absolute Gasteiger partial charge is 0.490 e. The van der Waals surface area contributed by atoms with Gasteiger partial charge in [-0.3, -0.25) is 4.90 Å². The minimum Gasteiger partial charge on any atom is -0.490 e. The Kier molecular flexibility index (Phi) is 5.78. The second-order valence-corrected chi connectivity index (χ2v) is 8.92. The molecule has 0 amide bonds. The molecule has 1 saturated carbocycles. The predicted molar refractivity (Wildman–Crippen MR) is 121 cm³/mol. The average Bonchev–Trinajstić information content (AvgIpc) is 3.51. The van der Waals surface area contributed by atoms with Crippen molar-refractivity contribution < 1.29 is 9.84 Å². The van der Waals surface area contributed by atoms with Gasteiger partial charge in [-0.2, -0.15) is 0 Å². The third-order valence-electron chi connectivity index (χ3n) is 6.82. The number of benzene rings is 2. The molecule has 2 heterocycles. The molecule has 30 heavy (non-hydrogen) atoms. The first-order valence-corrected chi connectivity index (χ1v) is 11.5. The molecule has 2 fully saturated rings. The van der Waals surface area contributed by atoms with E-state index in [0.29, 0.717) is 6.10 Å². The minimum absolute atomic E-state index is 0.249. The van der Waals surface area contributed by atoms with E-state index in [1.165, 1.54) is 54.1 Å². The van der Waals surface area contributed by atoms with E-state index < -0.39 is 0 Å². The first-order chi connectivity index (χ1) is 14.8. The Morgan fingerprint density at radius 3 is 2.57 bits per heavy atom. The van der Waals surface area contributed by atoms with Crippen molar-refractivity contribution in [2.24, 2.45) is 0 Å². The van der Waals surface area contributed by atoms with Crippen LogP contribution in [-0.4, -0.2) is 39.9 Å². The fraction of sp³-hybridized carbons (Fsp3) is 0.462. The van der Waals surface area contributed by atoms with Gasteiger partial charge >= 0.3 is 0 Å². The number of ether oxygens (including phenoxy) is 1. The lowest BCUT2D eigenvalue weighted by Gasteiger charge is -2.22. The van der Waals surface area contributed by atoms with Crippen molar-refractivity contribution in [3.8, 4) is 5.75 Å². The topological polar surface area (TPSA) is 37.6 Å². The van der Waals surface area contributed by atoms with Gasteiger partial charge in [0.05, 0.1) is 12.7 Å². The summed E-state index contributed by atoms with van der Waals surface area (Å²) in [6.45, 7) is 3.06. The Balaban J connectivity index is 1.48. The van der Waals surface area contributed by atoms with Gasteiger partial charge < -0.3 is 14.4 Å². The van der Waals surface area contributed by atoms with Crippen molar-refractivity contribution in [1.29, 1.82) is 0 Å². The third-order valence-corrected chi connectivity index (χ3v) is 6.82. The molecule has 1 N–H and O–H groups in total. The summed E-state index contributed by atoms with van der Waals surface area (Å²) in [5, 5.41) is 11.0. The molecule has 2 aliphatic rings. The van der Waals surface area contributed by atoms with Crippen LogP contribution in [-0.2, 0) is 13.1 Å². The van der Waals surface area contributed by atoms with Gasteiger partial charge in [-0.15, -0.1) is 0 Å². The van der Waals surface area contributed by atoms with Crippen molar-refractivity contribution in [3.63, 3.8) is 0 Å².